The number of carbonyl (C=O) groups is 2. The first-order chi connectivity index (χ1) is 10.4. The van der Waals surface area contributed by atoms with Crippen molar-refractivity contribution in [2.75, 3.05) is 0 Å². The van der Waals surface area contributed by atoms with Crippen LogP contribution in [0.25, 0.3) is 0 Å². The Bertz CT molecular complexity index is 579. The zero-order valence-electron chi connectivity index (χ0n) is 12.9. The summed E-state index contributed by atoms with van der Waals surface area (Å²) in [6, 6.07) is 3.09. The van der Waals surface area contributed by atoms with E-state index in [9.17, 15) is 22.8 Å². The van der Waals surface area contributed by atoms with Gasteiger partial charge in [-0.15, -0.1) is 0 Å². The number of amides is 1. The first-order valence-corrected chi connectivity index (χ1v) is 6.77. The average molecular weight is 333 g/mol. The third kappa shape index (κ3) is 6.17. The standard InChI is InChI=1S/C15H18F3NO4/c1-14(2,3)23-13(22)19-11(12(20)21)8-9-6-4-5-7-10(9)15(16,17)18/h4-7,11H,8H2,1-3H3,(H,19,22)(H,20,21). The second kappa shape index (κ2) is 6.89. The molecule has 0 saturated carbocycles. The van der Waals surface area contributed by atoms with Gasteiger partial charge in [0.05, 0.1) is 5.56 Å². The molecule has 1 atom stereocenters. The normalized spacial score (nSPS) is 13.3. The minimum atomic E-state index is -4.61. The van der Waals surface area contributed by atoms with Gasteiger partial charge in [-0.1, -0.05) is 18.2 Å². The van der Waals surface area contributed by atoms with Crippen LogP contribution < -0.4 is 5.32 Å². The van der Waals surface area contributed by atoms with Gasteiger partial charge in [-0.05, 0) is 32.4 Å². The molecule has 8 heteroatoms. The van der Waals surface area contributed by atoms with E-state index >= 15 is 0 Å². The van der Waals surface area contributed by atoms with Gasteiger partial charge in [-0.25, -0.2) is 9.59 Å². The lowest BCUT2D eigenvalue weighted by Gasteiger charge is -2.22. The highest BCUT2D eigenvalue weighted by molar-refractivity contribution is 5.80. The van der Waals surface area contributed by atoms with Crippen molar-refractivity contribution in [3.05, 3.63) is 35.4 Å². The SMILES string of the molecule is CC(C)(C)OC(=O)NC(Cc1ccccc1C(F)(F)F)C(=O)O. The van der Waals surface area contributed by atoms with Crippen LogP contribution in [0.4, 0.5) is 18.0 Å². The highest BCUT2D eigenvalue weighted by Gasteiger charge is 2.34. The number of alkyl halides is 3. The van der Waals surface area contributed by atoms with Crippen LogP contribution >= 0.6 is 0 Å². The lowest BCUT2D eigenvalue weighted by Crippen LogP contribution is -2.44. The summed E-state index contributed by atoms with van der Waals surface area (Å²) in [5, 5.41) is 11.2. The molecule has 1 aromatic carbocycles. The third-order valence-corrected chi connectivity index (χ3v) is 2.74. The molecular formula is C15H18F3NO4. The Balaban J connectivity index is 2.94. The van der Waals surface area contributed by atoms with E-state index in [-0.39, 0.29) is 5.56 Å². The van der Waals surface area contributed by atoms with Crippen LogP contribution in [0, 0.1) is 0 Å². The van der Waals surface area contributed by atoms with Crippen molar-refractivity contribution < 1.29 is 32.6 Å². The molecule has 0 heterocycles. The zero-order valence-corrected chi connectivity index (χ0v) is 12.9. The van der Waals surface area contributed by atoms with Crippen molar-refractivity contribution in [3.63, 3.8) is 0 Å². The van der Waals surface area contributed by atoms with E-state index in [1.807, 2.05) is 0 Å². The lowest BCUT2D eigenvalue weighted by molar-refractivity contribution is -0.141. The zero-order chi connectivity index (χ0) is 17.8. The molecular weight excluding hydrogens is 315 g/mol. The highest BCUT2D eigenvalue weighted by Crippen LogP contribution is 2.32. The third-order valence-electron chi connectivity index (χ3n) is 2.74. The van der Waals surface area contributed by atoms with Gasteiger partial charge in [-0.2, -0.15) is 13.2 Å². The first kappa shape index (κ1) is 18.8. The number of carboxylic acids is 1. The molecule has 2 N–H and O–H groups in total. The molecule has 1 aromatic rings. The molecule has 0 fully saturated rings. The maximum atomic E-state index is 12.9. The summed E-state index contributed by atoms with van der Waals surface area (Å²) in [6.45, 7) is 4.75. The van der Waals surface area contributed by atoms with E-state index in [2.05, 4.69) is 5.32 Å². The van der Waals surface area contributed by atoms with E-state index in [1.54, 1.807) is 20.8 Å². The number of ether oxygens (including phenoxy) is 1. The Morgan fingerprint density at radius 3 is 2.26 bits per heavy atom. The topological polar surface area (TPSA) is 75.6 Å². The number of carbonyl (C=O) groups excluding carboxylic acids is 1. The van der Waals surface area contributed by atoms with E-state index in [4.69, 9.17) is 9.84 Å². The molecule has 128 valence electrons. The fraction of sp³-hybridized carbons (Fsp3) is 0.467. The predicted molar refractivity (Wildman–Crippen MR) is 75.9 cm³/mol. The van der Waals surface area contributed by atoms with Gasteiger partial charge in [-0.3, -0.25) is 0 Å². The number of hydrogen-bond donors (Lipinski definition) is 2. The van der Waals surface area contributed by atoms with Gasteiger partial charge in [0.2, 0.25) is 0 Å². The number of alkyl carbamates (subject to hydrolysis) is 1. The maximum Gasteiger partial charge on any atom is 0.416 e. The molecule has 1 unspecified atom stereocenters. The van der Waals surface area contributed by atoms with Crippen molar-refractivity contribution >= 4 is 12.1 Å². The minimum absolute atomic E-state index is 0.219. The van der Waals surface area contributed by atoms with Crippen molar-refractivity contribution in [2.45, 2.75) is 45.0 Å². The number of halogens is 3. The summed E-state index contributed by atoms with van der Waals surface area (Å²) in [4.78, 5) is 22.8. The van der Waals surface area contributed by atoms with Crippen LogP contribution in [0.1, 0.15) is 31.9 Å². The lowest BCUT2D eigenvalue weighted by atomic mass is 10.00. The number of nitrogens with one attached hydrogen (secondary N) is 1. The first-order valence-electron chi connectivity index (χ1n) is 6.77. The van der Waals surface area contributed by atoms with Crippen LogP contribution in [-0.2, 0) is 22.1 Å². The van der Waals surface area contributed by atoms with Crippen molar-refractivity contribution in [2.24, 2.45) is 0 Å². The Kier molecular flexibility index (Phi) is 5.63. The summed E-state index contributed by atoms with van der Waals surface area (Å²) < 4.78 is 43.7. The van der Waals surface area contributed by atoms with E-state index in [0.29, 0.717) is 0 Å². The van der Waals surface area contributed by atoms with Crippen LogP contribution in [0.2, 0.25) is 0 Å². The van der Waals surface area contributed by atoms with Gasteiger partial charge in [0, 0.05) is 6.42 Å². The molecule has 5 nitrogen and oxygen atoms in total. The largest absolute Gasteiger partial charge is 0.480 e. The summed E-state index contributed by atoms with van der Waals surface area (Å²) in [5.74, 6) is -1.45. The fourth-order valence-electron chi connectivity index (χ4n) is 1.84. The molecule has 1 amide bonds. The quantitative estimate of drug-likeness (QED) is 0.887. The predicted octanol–water partition coefficient (Wildman–Crippen LogP) is 3.23. The molecule has 0 radical (unpaired) electrons. The average Bonchev–Trinajstić information content (AvgIpc) is 2.34. The van der Waals surface area contributed by atoms with Gasteiger partial charge in [0.15, 0.2) is 0 Å². The van der Waals surface area contributed by atoms with Gasteiger partial charge in [0.1, 0.15) is 11.6 Å². The van der Waals surface area contributed by atoms with Gasteiger partial charge < -0.3 is 15.2 Å². The number of benzene rings is 1. The second-order valence-corrected chi connectivity index (χ2v) is 5.90. The fourth-order valence-corrected chi connectivity index (χ4v) is 1.84. The maximum absolute atomic E-state index is 12.9. The Morgan fingerprint density at radius 1 is 1.22 bits per heavy atom. The molecule has 0 spiro atoms. The molecule has 1 rings (SSSR count). The number of hydrogen-bond acceptors (Lipinski definition) is 3. The van der Waals surface area contributed by atoms with Gasteiger partial charge >= 0.3 is 18.2 Å². The van der Waals surface area contributed by atoms with Crippen LogP contribution in [0.3, 0.4) is 0 Å². The minimum Gasteiger partial charge on any atom is -0.480 e. The molecule has 0 aromatic heterocycles. The molecule has 0 bridgehead atoms. The molecule has 23 heavy (non-hydrogen) atoms. The second-order valence-electron chi connectivity index (χ2n) is 5.90. The summed E-state index contributed by atoms with van der Waals surface area (Å²) >= 11 is 0. The highest BCUT2D eigenvalue weighted by atomic mass is 19.4. The smallest absolute Gasteiger partial charge is 0.416 e. The van der Waals surface area contributed by atoms with Crippen LogP contribution in [-0.4, -0.2) is 28.8 Å². The van der Waals surface area contributed by atoms with Gasteiger partial charge in [0.25, 0.3) is 0 Å². The molecule has 0 saturated heterocycles. The van der Waals surface area contributed by atoms with Crippen molar-refractivity contribution in [3.8, 4) is 0 Å². The number of rotatable bonds is 4. The van der Waals surface area contributed by atoms with E-state index in [0.717, 1.165) is 6.07 Å². The summed E-state index contributed by atoms with van der Waals surface area (Å²) in [7, 11) is 0. The summed E-state index contributed by atoms with van der Waals surface area (Å²) in [5.41, 5.74) is -2.00. The van der Waals surface area contributed by atoms with Crippen molar-refractivity contribution in [1.82, 2.24) is 5.32 Å². The molecule has 0 aliphatic heterocycles. The summed E-state index contributed by atoms with van der Waals surface area (Å²) in [6.07, 6.45) is -6.12. The van der Waals surface area contributed by atoms with Crippen LogP contribution in [0.5, 0.6) is 0 Å². The molecule has 0 aliphatic carbocycles. The number of carboxylic acid groups (broad SMARTS) is 1. The Labute approximate surface area is 131 Å². The van der Waals surface area contributed by atoms with E-state index < -0.39 is 41.9 Å². The monoisotopic (exact) mass is 333 g/mol. The van der Waals surface area contributed by atoms with Crippen molar-refractivity contribution in [1.29, 1.82) is 0 Å². The number of aliphatic carboxylic acids is 1. The van der Waals surface area contributed by atoms with Crippen LogP contribution in [0.15, 0.2) is 24.3 Å². The Morgan fingerprint density at radius 2 is 1.78 bits per heavy atom. The Hall–Kier alpha value is -2.25. The molecule has 0 aliphatic rings. The van der Waals surface area contributed by atoms with E-state index in [1.165, 1.54) is 18.2 Å².